The lowest BCUT2D eigenvalue weighted by Crippen LogP contribution is -2.28. The molecule has 1 saturated carbocycles. The number of nitrogens with one attached hydrogen (secondary N) is 1. The maximum Gasteiger partial charge on any atom is 0.421 e. The molecule has 2 heterocycles. The molecule has 204 valence electrons. The van der Waals surface area contributed by atoms with Crippen LogP contribution in [0.1, 0.15) is 100 Å². The quantitative estimate of drug-likeness (QED) is 0.315. The molecule has 1 aliphatic rings. The average Bonchev–Trinajstić information content (AvgIpc) is 3.20. The lowest BCUT2D eigenvalue weighted by Gasteiger charge is -2.39. The Hall–Kier alpha value is -3.11. The normalized spacial score (nSPS) is 18.8. The molecule has 0 bridgehead atoms. The number of hydrogen-bond acceptors (Lipinski definition) is 6. The number of carboxylic acid groups (broad SMARTS) is 1. The van der Waals surface area contributed by atoms with Crippen molar-refractivity contribution < 1.29 is 32.4 Å². The largest absolute Gasteiger partial charge is 0.481 e. The van der Waals surface area contributed by atoms with E-state index < -0.39 is 54.0 Å². The van der Waals surface area contributed by atoms with Crippen molar-refractivity contribution in [3.63, 3.8) is 0 Å². The van der Waals surface area contributed by atoms with E-state index in [9.17, 15) is 22.8 Å². The number of rotatable bonds is 11. The van der Waals surface area contributed by atoms with Crippen LogP contribution in [-0.2, 0) is 15.8 Å². The van der Waals surface area contributed by atoms with Gasteiger partial charge in [-0.3, -0.25) is 9.59 Å². The Morgan fingerprint density at radius 3 is 2.51 bits per heavy atom. The van der Waals surface area contributed by atoms with Gasteiger partial charge in [0.25, 0.3) is 0 Å². The number of aliphatic carboxylic acids is 1. The van der Waals surface area contributed by atoms with E-state index in [0.717, 1.165) is 12.8 Å². The van der Waals surface area contributed by atoms with Crippen LogP contribution in [0.3, 0.4) is 0 Å². The molecule has 0 aliphatic heterocycles. The number of alkyl halides is 3. The fourth-order valence-electron chi connectivity index (χ4n) is 4.97. The molecule has 3 rings (SSSR count). The van der Waals surface area contributed by atoms with Crippen LogP contribution in [0, 0.1) is 18.3 Å². The number of carbonyl (C=O) groups is 2. The van der Waals surface area contributed by atoms with E-state index in [4.69, 9.17) is 15.4 Å². The lowest BCUT2D eigenvalue weighted by atomic mass is 9.66. The van der Waals surface area contributed by atoms with Crippen molar-refractivity contribution in [2.24, 2.45) is 11.3 Å². The molecule has 0 spiro atoms. The molecule has 1 aliphatic carbocycles. The van der Waals surface area contributed by atoms with Crippen LogP contribution in [0.25, 0.3) is 0 Å². The summed E-state index contributed by atoms with van der Waals surface area (Å²) in [6.45, 7) is 8.02. The first-order chi connectivity index (χ1) is 17.2. The van der Waals surface area contributed by atoms with Crippen LogP contribution >= 0.6 is 0 Å². The second-order valence-corrected chi connectivity index (χ2v) is 10.8. The zero-order valence-corrected chi connectivity index (χ0v) is 21.6. The van der Waals surface area contributed by atoms with Gasteiger partial charge in [0.1, 0.15) is 11.4 Å². The number of nitrogens with zero attached hydrogens (tertiary/aromatic N) is 2. The van der Waals surface area contributed by atoms with Crippen LogP contribution in [0.2, 0.25) is 0 Å². The highest BCUT2D eigenvalue weighted by Crippen LogP contribution is 2.51. The maximum atomic E-state index is 14.3. The van der Waals surface area contributed by atoms with E-state index in [1.165, 1.54) is 6.07 Å². The standard InChI is InChI=1S/C26H35F3N4O4/c1-5-25(3,4)13-15-10-17(11-15)24-22(26(27,28)29)23(33-37-24)16(6-9-21(35)36)12-20(34)32-18-7-8-19(30)31-14(18)2/h7-8,15-17H,5-6,9-13H2,1-4H3,(H2,30,31)(H,32,34)(H,35,36)/t15?,16-,17?/m0/s1. The Morgan fingerprint density at radius 2 is 1.95 bits per heavy atom. The Labute approximate surface area is 214 Å². The number of aryl methyl sites for hydroxylation is 1. The molecule has 0 aromatic carbocycles. The lowest BCUT2D eigenvalue weighted by molar-refractivity contribution is -0.140. The first kappa shape index (κ1) is 28.5. The molecule has 37 heavy (non-hydrogen) atoms. The number of hydrogen-bond donors (Lipinski definition) is 3. The molecule has 1 fully saturated rings. The minimum absolute atomic E-state index is 0.114. The molecule has 0 radical (unpaired) electrons. The molecule has 1 atom stereocenters. The highest BCUT2D eigenvalue weighted by molar-refractivity contribution is 5.91. The van der Waals surface area contributed by atoms with Gasteiger partial charge in [-0.1, -0.05) is 32.3 Å². The highest BCUT2D eigenvalue weighted by atomic mass is 19.4. The summed E-state index contributed by atoms with van der Waals surface area (Å²) in [4.78, 5) is 28.1. The predicted octanol–water partition coefficient (Wildman–Crippen LogP) is 6.28. The van der Waals surface area contributed by atoms with E-state index in [2.05, 4.69) is 36.2 Å². The summed E-state index contributed by atoms with van der Waals surface area (Å²) in [6.07, 6.45) is -2.73. The summed E-state index contributed by atoms with van der Waals surface area (Å²) in [5, 5.41) is 15.6. The SMILES string of the molecule is CCC(C)(C)CC1CC(c2onc([C@@H](CCC(=O)O)CC(=O)Nc3ccc(N)nc3C)c2C(F)(F)F)C1. The minimum Gasteiger partial charge on any atom is -0.481 e. The number of carboxylic acids is 1. The third-order valence-electron chi connectivity index (χ3n) is 7.34. The molecular formula is C26H35F3N4O4. The summed E-state index contributed by atoms with van der Waals surface area (Å²) < 4.78 is 48.1. The van der Waals surface area contributed by atoms with Gasteiger partial charge in [0.15, 0.2) is 5.76 Å². The zero-order valence-electron chi connectivity index (χ0n) is 21.6. The number of pyridine rings is 1. The number of amides is 1. The monoisotopic (exact) mass is 524 g/mol. The molecule has 0 saturated heterocycles. The van der Waals surface area contributed by atoms with Crippen LogP contribution in [0.15, 0.2) is 16.7 Å². The average molecular weight is 525 g/mol. The van der Waals surface area contributed by atoms with Gasteiger partial charge in [0.05, 0.1) is 17.1 Å². The number of anilines is 2. The number of nitrogen functional groups attached to an aromatic ring is 1. The molecule has 0 unspecified atom stereocenters. The zero-order chi connectivity index (χ0) is 27.5. The Bertz CT molecular complexity index is 1120. The van der Waals surface area contributed by atoms with Crippen molar-refractivity contribution in [3.8, 4) is 0 Å². The van der Waals surface area contributed by atoms with Crippen molar-refractivity contribution in [3.05, 3.63) is 34.8 Å². The fourth-order valence-corrected chi connectivity index (χ4v) is 4.97. The van der Waals surface area contributed by atoms with E-state index >= 15 is 0 Å². The molecule has 2 aromatic rings. The number of nitrogens with two attached hydrogens (primary N) is 1. The van der Waals surface area contributed by atoms with Crippen LogP contribution < -0.4 is 11.1 Å². The van der Waals surface area contributed by atoms with Gasteiger partial charge < -0.3 is 20.7 Å². The number of carbonyl (C=O) groups excluding carboxylic acids is 1. The maximum absolute atomic E-state index is 14.3. The summed E-state index contributed by atoms with van der Waals surface area (Å²) in [7, 11) is 0. The third kappa shape index (κ3) is 7.23. The van der Waals surface area contributed by atoms with Crippen molar-refractivity contribution in [1.29, 1.82) is 0 Å². The number of halogens is 3. The van der Waals surface area contributed by atoms with Crippen molar-refractivity contribution in [2.45, 2.75) is 90.7 Å². The summed E-state index contributed by atoms with van der Waals surface area (Å²) in [5.74, 6) is -2.92. The topological polar surface area (TPSA) is 131 Å². The van der Waals surface area contributed by atoms with Crippen LogP contribution in [0.4, 0.5) is 24.7 Å². The summed E-state index contributed by atoms with van der Waals surface area (Å²) in [6, 6.07) is 3.04. The van der Waals surface area contributed by atoms with Crippen molar-refractivity contribution in [2.75, 3.05) is 11.1 Å². The Morgan fingerprint density at radius 1 is 1.27 bits per heavy atom. The Balaban J connectivity index is 1.84. The van der Waals surface area contributed by atoms with E-state index in [-0.39, 0.29) is 23.4 Å². The Kier molecular flexibility index (Phi) is 8.54. The summed E-state index contributed by atoms with van der Waals surface area (Å²) >= 11 is 0. The molecule has 2 aromatic heterocycles. The van der Waals surface area contributed by atoms with Crippen LogP contribution in [0.5, 0.6) is 0 Å². The van der Waals surface area contributed by atoms with Gasteiger partial charge >= 0.3 is 12.1 Å². The van der Waals surface area contributed by atoms with E-state index in [1.54, 1.807) is 13.0 Å². The number of aromatic nitrogens is 2. The molecular weight excluding hydrogens is 489 g/mol. The van der Waals surface area contributed by atoms with Crippen molar-refractivity contribution >= 4 is 23.4 Å². The smallest absolute Gasteiger partial charge is 0.421 e. The molecule has 11 heteroatoms. The molecule has 4 N–H and O–H groups in total. The first-order valence-electron chi connectivity index (χ1n) is 12.5. The molecule has 8 nitrogen and oxygen atoms in total. The van der Waals surface area contributed by atoms with Gasteiger partial charge in [-0.25, -0.2) is 4.98 Å². The van der Waals surface area contributed by atoms with E-state index in [1.807, 2.05) is 0 Å². The first-order valence-corrected chi connectivity index (χ1v) is 12.5. The van der Waals surface area contributed by atoms with E-state index in [0.29, 0.717) is 30.1 Å². The van der Waals surface area contributed by atoms with Gasteiger partial charge in [-0.05, 0) is 56.1 Å². The minimum atomic E-state index is -4.76. The van der Waals surface area contributed by atoms with Gasteiger partial charge in [0.2, 0.25) is 5.91 Å². The second kappa shape index (κ2) is 11.1. The fraction of sp³-hybridized carbons (Fsp3) is 0.615. The highest BCUT2D eigenvalue weighted by Gasteiger charge is 2.47. The third-order valence-corrected chi connectivity index (χ3v) is 7.34. The van der Waals surface area contributed by atoms with Gasteiger partial charge in [-0.2, -0.15) is 13.2 Å². The molecule has 1 amide bonds. The van der Waals surface area contributed by atoms with Crippen LogP contribution in [-0.4, -0.2) is 27.1 Å². The summed E-state index contributed by atoms with van der Waals surface area (Å²) in [5.41, 5.74) is 5.16. The van der Waals surface area contributed by atoms with Crippen molar-refractivity contribution in [1.82, 2.24) is 10.1 Å². The van der Waals surface area contributed by atoms with Gasteiger partial charge in [-0.15, -0.1) is 0 Å². The predicted molar refractivity (Wildman–Crippen MR) is 132 cm³/mol. The second-order valence-electron chi connectivity index (χ2n) is 10.8. The van der Waals surface area contributed by atoms with Gasteiger partial charge in [0, 0.05) is 24.7 Å².